The first-order valence-electron chi connectivity index (χ1n) is 12.7. The lowest BCUT2D eigenvalue weighted by Gasteiger charge is -2.32. The van der Waals surface area contributed by atoms with Crippen LogP contribution in [0.3, 0.4) is 0 Å². The summed E-state index contributed by atoms with van der Waals surface area (Å²) in [5.74, 6) is 0.521. The molecule has 0 spiro atoms. The van der Waals surface area contributed by atoms with Crippen LogP contribution in [0.5, 0.6) is 5.88 Å². The highest BCUT2D eigenvalue weighted by molar-refractivity contribution is 6.30. The van der Waals surface area contributed by atoms with Gasteiger partial charge in [0.05, 0.1) is 30.8 Å². The maximum atomic E-state index is 12.3. The van der Waals surface area contributed by atoms with Crippen LogP contribution in [-0.4, -0.2) is 34.5 Å². The zero-order valence-corrected chi connectivity index (χ0v) is 21.0. The first-order chi connectivity index (χ1) is 17.2. The molecule has 5 rings (SSSR count). The molecule has 2 aromatic heterocycles. The van der Waals surface area contributed by atoms with Crippen LogP contribution in [0.25, 0.3) is 5.69 Å². The fraction of sp³-hybridized carbons (Fsp3) is 0.464. The molecule has 35 heavy (non-hydrogen) atoms. The standard InChI is InChI=1S/C28H32ClN3O3/c1-34-28(33)23-11-7-17-30-27(23)35-18-24(19-8-3-2-4-9-19)26-22-10-5-6-12-25(22)31-32(26)21-15-13-20(29)14-16-21/h7,11,13-17,19,24H,2-6,8-10,12,18H2,1H3. The van der Waals surface area contributed by atoms with E-state index in [1.807, 2.05) is 24.3 Å². The average molecular weight is 494 g/mol. The summed E-state index contributed by atoms with van der Waals surface area (Å²) in [7, 11) is 1.38. The number of rotatable bonds is 7. The Morgan fingerprint density at radius 2 is 1.86 bits per heavy atom. The minimum absolute atomic E-state index is 0.146. The van der Waals surface area contributed by atoms with E-state index in [-0.39, 0.29) is 5.92 Å². The topological polar surface area (TPSA) is 66.2 Å². The fourth-order valence-corrected chi connectivity index (χ4v) is 5.78. The number of esters is 1. The van der Waals surface area contributed by atoms with Crippen LogP contribution < -0.4 is 4.74 Å². The quantitative estimate of drug-likeness (QED) is 0.360. The van der Waals surface area contributed by atoms with Crippen molar-refractivity contribution in [3.05, 3.63) is 70.1 Å². The largest absolute Gasteiger partial charge is 0.476 e. The van der Waals surface area contributed by atoms with E-state index in [2.05, 4.69) is 9.67 Å². The molecule has 7 heteroatoms. The molecule has 1 atom stereocenters. The van der Waals surface area contributed by atoms with E-state index in [0.717, 1.165) is 18.5 Å². The van der Waals surface area contributed by atoms with Crippen LogP contribution in [0.4, 0.5) is 0 Å². The van der Waals surface area contributed by atoms with Gasteiger partial charge in [-0.1, -0.05) is 30.9 Å². The number of carbonyl (C=O) groups is 1. The monoisotopic (exact) mass is 493 g/mol. The van der Waals surface area contributed by atoms with Crippen LogP contribution in [0, 0.1) is 5.92 Å². The predicted molar refractivity (Wildman–Crippen MR) is 136 cm³/mol. The Labute approximate surface area is 211 Å². The van der Waals surface area contributed by atoms with Gasteiger partial charge in [0.2, 0.25) is 5.88 Å². The number of methoxy groups -OCH3 is 1. The van der Waals surface area contributed by atoms with Crippen molar-refractivity contribution in [1.82, 2.24) is 14.8 Å². The number of hydrogen-bond acceptors (Lipinski definition) is 5. The lowest BCUT2D eigenvalue weighted by Crippen LogP contribution is -2.26. The van der Waals surface area contributed by atoms with Crippen molar-refractivity contribution in [3.63, 3.8) is 0 Å². The molecular formula is C28H32ClN3O3. The van der Waals surface area contributed by atoms with Gasteiger partial charge in [-0.05, 0) is 86.4 Å². The number of halogens is 1. The van der Waals surface area contributed by atoms with Crippen molar-refractivity contribution >= 4 is 17.6 Å². The fourth-order valence-electron chi connectivity index (χ4n) is 5.65. The summed E-state index contributed by atoms with van der Waals surface area (Å²) in [6.45, 7) is 0.442. The van der Waals surface area contributed by atoms with E-state index >= 15 is 0 Å². The normalized spacial score (nSPS) is 17.0. The van der Waals surface area contributed by atoms with Crippen LogP contribution in [0.1, 0.15) is 78.2 Å². The van der Waals surface area contributed by atoms with E-state index in [9.17, 15) is 4.79 Å². The molecule has 6 nitrogen and oxygen atoms in total. The van der Waals surface area contributed by atoms with Crippen LogP contribution in [0.2, 0.25) is 5.02 Å². The van der Waals surface area contributed by atoms with Crippen molar-refractivity contribution in [2.75, 3.05) is 13.7 Å². The highest BCUT2D eigenvalue weighted by atomic mass is 35.5. The molecule has 0 N–H and O–H groups in total. The molecule has 0 saturated heterocycles. The molecule has 184 valence electrons. The minimum atomic E-state index is -0.439. The molecule has 1 unspecified atom stereocenters. The zero-order chi connectivity index (χ0) is 24.2. The molecule has 0 aliphatic heterocycles. The highest BCUT2D eigenvalue weighted by Crippen LogP contribution is 2.41. The molecule has 2 heterocycles. The van der Waals surface area contributed by atoms with E-state index in [4.69, 9.17) is 26.2 Å². The van der Waals surface area contributed by atoms with Gasteiger partial charge < -0.3 is 9.47 Å². The lowest BCUT2D eigenvalue weighted by atomic mass is 9.77. The molecule has 3 aromatic rings. The predicted octanol–water partition coefficient (Wildman–Crippen LogP) is 6.33. The van der Waals surface area contributed by atoms with Crippen molar-refractivity contribution in [1.29, 1.82) is 0 Å². The maximum Gasteiger partial charge on any atom is 0.343 e. The second-order valence-electron chi connectivity index (χ2n) is 9.57. The number of carbonyl (C=O) groups excluding carboxylic acids is 1. The first-order valence-corrected chi connectivity index (χ1v) is 13.1. The molecule has 2 aliphatic carbocycles. The summed E-state index contributed by atoms with van der Waals surface area (Å²) >= 11 is 6.20. The molecule has 1 aromatic carbocycles. The second kappa shape index (κ2) is 10.8. The van der Waals surface area contributed by atoms with Gasteiger partial charge in [0.25, 0.3) is 0 Å². The third-order valence-electron chi connectivity index (χ3n) is 7.41. The number of ether oxygens (including phenoxy) is 2. The Balaban J connectivity index is 1.56. The van der Waals surface area contributed by atoms with E-state index in [1.54, 1.807) is 18.3 Å². The number of nitrogens with zero attached hydrogens (tertiary/aromatic N) is 3. The molecule has 1 saturated carbocycles. The number of fused-ring (bicyclic) bond motifs is 1. The van der Waals surface area contributed by atoms with Gasteiger partial charge in [-0.25, -0.2) is 14.5 Å². The van der Waals surface area contributed by atoms with E-state index in [1.165, 1.54) is 69.0 Å². The molecule has 0 radical (unpaired) electrons. The maximum absolute atomic E-state index is 12.3. The molecule has 1 fully saturated rings. The smallest absolute Gasteiger partial charge is 0.343 e. The Bertz CT molecular complexity index is 1170. The van der Waals surface area contributed by atoms with Crippen LogP contribution in [-0.2, 0) is 17.6 Å². The van der Waals surface area contributed by atoms with Gasteiger partial charge in [0, 0.05) is 17.1 Å². The lowest BCUT2D eigenvalue weighted by molar-refractivity contribution is 0.0593. The molecule has 0 amide bonds. The van der Waals surface area contributed by atoms with E-state index in [0.29, 0.717) is 29.0 Å². The van der Waals surface area contributed by atoms with Crippen LogP contribution >= 0.6 is 11.6 Å². The summed E-state index contributed by atoms with van der Waals surface area (Å²) < 4.78 is 13.4. The number of hydrogen-bond donors (Lipinski definition) is 0. The van der Waals surface area contributed by atoms with E-state index < -0.39 is 5.97 Å². The van der Waals surface area contributed by atoms with Gasteiger partial charge >= 0.3 is 5.97 Å². The summed E-state index contributed by atoms with van der Waals surface area (Å²) in [6.07, 6.45) is 12.1. The average Bonchev–Trinajstić information content (AvgIpc) is 3.29. The van der Waals surface area contributed by atoms with Crippen molar-refractivity contribution in [2.24, 2.45) is 5.92 Å². The Morgan fingerprint density at radius 1 is 1.09 bits per heavy atom. The molecular weight excluding hydrogens is 462 g/mol. The van der Waals surface area contributed by atoms with Gasteiger partial charge in [-0.3, -0.25) is 0 Å². The van der Waals surface area contributed by atoms with Gasteiger partial charge in [-0.15, -0.1) is 0 Å². The van der Waals surface area contributed by atoms with Gasteiger partial charge in [0.1, 0.15) is 5.56 Å². The number of benzene rings is 1. The van der Waals surface area contributed by atoms with Crippen molar-refractivity contribution in [2.45, 2.75) is 63.7 Å². The van der Waals surface area contributed by atoms with Crippen molar-refractivity contribution < 1.29 is 14.3 Å². The molecule has 0 bridgehead atoms. The minimum Gasteiger partial charge on any atom is -0.476 e. The summed E-state index contributed by atoms with van der Waals surface area (Å²) in [5, 5.41) is 5.82. The first kappa shape index (κ1) is 23.9. The summed E-state index contributed by atoms with van der Waals surface area (Å²) in [4.78, 5) is 16.7. The summed E-state index contributed by atoms with van der Waals surface area (Å²) in [6, 6.07) is 11.3. The number of aromatic nitrogens is 3. The Morgan fingerprint density at radius 3 is 2.63 bits per heavy atom. The summed E-state index contributed by atoms with van der Waals surface area (Å²) in [5.41, 5.74) is 5.21. The van der Waals surface area contributed by atoms with Gasteiger partial charge in [-0.2, -0.15) is 5.10 Å². The van der Waals surface area contributed by atoms with Gasteiger partial charge in [0.15, 0.2) is 0 Å². The number of aryl methyl sites for hydroxylation is 1. The van der Waals surface area contributed by atoms with Crippen LogP contribution in [0.15, 0.2) is 42.6 Å². The third-order valence-corrected chi connectivity index (χ3v) is 7.67. The molecule has 2 aliphatic rings. The zero-order valence-electron chi connectivity index (χ0n) is 20.2. The third kappa shape index (κ3) is 5.08. The SMILES string of the molecule is COC(=O)c1cccnc1OCC(c1c2c(nn1-c1ccc(Cl)cc1)CCCC2)C1CCCCC1. The Hall–Kier alpha value is -2.86. The Kier molecular flexibility index (Phi) is 7.37. The highest BCUT2D eigenvalue weighted by Gasteiger charge is 2.34. The van der Waals surface area contributed by atoms with Crippen molar-refractivity contribution in [3.8, 4) is 11.6 Å². The second-order valence-corrected chi connectivity index (χ2v) is 10.0. The number of pyridine rings is 1.